The van der Waals surface area contributed by atoms with Crippen LogP contribution in [0.5, 0.6) is 5.75 Å². The van der Waals surface area contributed by atoms with E-state index < -0.39 is 26.2 Å². The molecule has 0 aliphatic heterocycles. The molecule has 2 rings (SSSR count). The first-order valence-corrected chi connectivity index (χ1v) is 10.1. The fraction of sp³-hybridized carbons (Fsp3) is 0.611. The van der Waals surface area contributed by atoms with E-state index in [0.29, 0.717) is 18.6 Å². The van der Waals surface area contributed by atoms with Crippen LogP contribution in [0.1, 0.15) is 52.9 Å². The molecule has 1 fully saturated rings. The second-order valence-corrected chi connectivity index (χ2v) is 10.3. The van der Waals surface area contributed by atoms with E-state index in [1.807, 2.05) is 6.07 Å². The highest BCUT2D eigenvalue weighted by Crippen LogP contribution is 2.32. The summed E-state index contributed by atoms with van der Waals surface area (Å²) in [4.78, 5) is 12.3. The fourth-order valence-corrected chi connectivity index (χ4v) is 4.47. The lowest BCUT2D eigenvalue weighted by molar-refractivity contribution is 0.174. The molecule has 0 radical (unpaired) electrons. The predicted molar refractivity (Wildman–Crippen MR) is 95.0 cm³/mol. The number of carbonyl (C=O) groups is 1. The van der Waals surface area contributed by atoms with Crippen molar-refractivity contribution in [3.63, 3.8) is 0 Å². The Balaban J connectivity index is 2.14. The molecule has 0 saturated heterocycles. The minimum atomic E-state index is -3.34. The van der Waals surface area contributed by atoms with Gasteiger partial charge in [0, 0.05) is 0 Å². The number of rotatable bonds is 4. The van der Waals surface area contributed by atoms with E-state index in [4.69, 9.17) is 4.74 Å². The van der Waals surface area contributed by atoms with Crippen molar-refractivity contribution in [1.29, 1.82) is 0 Å². The maximum Gasteiger partial charge on any atom is 0.413 e. The number of nitrogens with one attached hydrogen (secondary N) is 1. The number of sulfone groups is 1. The van der Waals surface area contributed by atoms with E-state index >= 15 is 0 Å². The smallest absolute Gasteiger partial charge is 0.410 e. The van der Waals surface area contributed by atoms with Crippen LogP contribution in [0.25, 0.3) is 0 Å². The summed E-state index contributed by atoms with van der Waals surface area (Å²) < 4.78 is 29.8. The van der Waals surface area contributed by atoms with Crippen LogP contribution in [0.2, 0.25) is 0 Å². The Labute approximate surface area is 144 Å². The zero-order valence-corrected chi connectivity index (χ0v) is 15.5. The SMILES string of the molecule is CC(C)(C)S(=O)(=O)CC1(NC(=O)Oc2ccccc2)CCCCC1. The third kappa shape index (κ3) is 4.72. The van der Waals surface area contributed by atoms with E-state index in [1.54, 1.807) is 45.0 Å². The van der Waals surface area contributed by atoms with Crippen LogP contribution < -0.4 is 10.1 Å². The van der Waals surface area contributed by atoms with Crippen molar-refractivity contribution in [2.24, 2.45) is 0 Å². The maximum absolute atomic E-state index is 12.7. The molecule has 1 aromatic carbocycles. The molecule has 134 valence electrons. The first-order chi connectivity index (χ1) is 11.1. The molecule has 0 heterocycles. The van der Waals surface area contributed by atoms with E-state index in [1.165, 1.54) is 0 Å². The maximum atomic E-state index is 12.7. The van der Waals surface area contributed by atoms with Gasteiger partial charge in [0.2, 0.25) is 0 Å². The van der Waals surface area contributed by atoms with Gasteiger partial charge in [-0.2, -0.15) is 0 Å². The van der Waals surface area contributed by atoms with Gasteiger partial charge in [0.15, 0.2) is 9.84 Å². The average Bonchev–Trinajstić information content (AvgIpc) is 2.47. The molecule has 0 bridgehead atoms. The number of benzene rings is 1. The number of hydrogen-bond donors (Lipinski definition) is 1. The highest BCUT2D eigenvalue weighted by molar-refractivity contribution is 7.92. The quantitative estimate of drug-likeness (QED) is 0.896. The van der Waals surface area contributed by atoms with Crippen molar-refractivity contribution in [2.75, 3.05) is 5.75 Å². The second kappa shape index (κ2) is 7.13. The lowest BCUT2D eigenvalue weighted by atomic mass is 9.83. The van der Waals surface area contributed by atoms with Crippen LogP contribution in [0, 0.1) is 0 Å². The van der Waals surface area contributed by atoms with Crippen molar-refractivity contribution in [2.45, 2.75) is 63.2 Å². The Morgan fingerprint density at radius 1 is 1.12 bits per heavy atom. The number of para-hydroxylation sites is 1. The Kier molecular flexibility index (Phi) is 5.58. The Hall–Kier alpha value is -1.56. The van der Waals surface area contributed by atoms with Crippen LogP contribution in [-0.4, -0.2) is 30.5 Å². The van der Waals surface area contributed by atoms with E-state index in [-0.39, 0.29) is 5.75 Å². The molecule has 1 saturated carbocycles. The van der Waals surface area contributed by atoms with Gasteiger partial charge in [0.05, 0.1) is 16.0 Å². The lowest BCUT2D eigenvalue weighted by Crippen LogP contribution is -2.56. The molecule has 1 aliphatic rings. The number of carbonyl (C=O) groups excluding carboxylic acids is 1. The number of amides is 1. The van der Waals surface area contributed by atoms with Crippen LogP contribution >= 0.6 is 0 Å². The van der Waals surface area contributed by atoms with Crippen LogP contribution in [0.3, 0.4) is 0 Å². The molecule has 0 atom stereocenters. The molecule has 1 aromatic rings. The molecule has 0 spiro atoms. The third-order valence-corrected chi connectivity index (χ3v) is 7.33. The summed E-state index contributed by atoms with van der Waals surface area (Å²) in [6.07, 6.45) is 3.61. The third-order valence-electron chi connectivity index (χ3n) is 4.53. The first-order valence-electron chi connectivity index (χ1n) is 8.41. The highest BCUT2D eigenvalue weighted by atomic mass is 32.2. The standard InChI is InChI=1S/C18H27NO4S/c1-17(2,3)24(21,22)14-18(12-8-5-9-13-18)19-16(20)23-15-10-6-4-7-11-15/h4,6-7,10-11H,5,8-9,12-14H2,1-3H3,(H,19,20). The highest BCUT2D eigenvalue weighted by Gasteiger charge is 2.42. The molecule has 1 aliphatic carbocycles. The van der Waals surface area contributed by atoms with Gasteiger partial charge >= 0.3 is 6.09 Å². The molecular formula is C18H27NO4S. The molecular weight excluding hydrogens is 326 g/mol. The summed E-state index contributed by atoms with van der Waals surface area (Å²) in [5.41, 5.74) is -0.740. The van der Waals surface area contributed by atoms with Gasteiger partial charge in [-0.25, -0.2) is 13.2 Å². The van der Waals surface area contributed by atoms with Crippen LogP contribution in [0.4, 0.5) is 4.79 Å². The Morgan fingerprint density at radius 2 is 1.71 bits per heavy atom. The summed E-state index contributed by atoms with van der Waals surface area (Å²) >= 11 is 0. The van der Waals surface area contributed by atoms with E-state index in [2.05, 4.69) is 5.32 Å². The summed E-state index contributed by atoms with van der Waals surface area (Å²) in [6, 6.07) is 8.79. The minimum absolute atomic E-state index is 0.0482. The molecule has 5 nitrogen and oxygen atoms in total. The van der Waals surface area contributed by atoms with Gasteiger partial charge in [0.1, 0.15) is 5.75 Å². The van der Waals surface area contributed by atoms with E-state index in [9.17, 15) is 13.2 Å². The largest absolute Gasteiger partial charge is 0.413 e. The summed E-state index contributed by atoms with van der Waals surface area (Å²) in [7, 11) is -3.34. The normalized spacial score (nSPS) is 18.0. The first kappa shape index (κ1) is 18.8. The molecule has 24 heavy (non-hydrogen) atoms. The molecule has 0 aromatic heterocycles. The summed E-state index contributed by atoms with van der Waals surface area (Å²) in [5, 5.41) is 2.87. The molecule has 0 unspecified atom stereocenters. The topological polar surface area (TPSA) is 72.5 Å². The van der Waals surface area contributed by atoms with Gasteiger partial charge in [-0.05, 0) is 45.7 Å². The minimum Gasteiger partial charge on any atom is -0.410 e. The van der Waals surface area contributed by atoms with Crippen LogP contribution in [0.15, 0.2) is 30.3 Å². The van der Waals surface area contributed by atoms with Crippen molar-refractivity contribution >= 4 is 15.9 Å². The van der Waals surface area contributed by atoms with Crippen LogP contribution in [-0.2, 0) is 9.84 Å². The Morgan fingerprint density at radius 3 is 2.25 bits per heavy atom. The molecule has 6 heteroatoms. The summed E-state index contributed by atoms with van der Waals surface area (Å²) in [5.74, 6) is 0.396. The van der Waals surface area contributed by atoms with Crippen molar-refractivity contribution in [1.82, 2.24) is 5.32 Å². The van der Waals surface area contributed by atoms with E-state index in [0.717, 1.165) is 19.3 Å². The van der Waals surface area contributed by atoms with Crippen molar-refractivity contribution in [3.05, 3.63) is 30.3 Å². The monoisotopic (exact) mass is 353 g/mol. The summed E-state index contributed by atoms with van der Waals surface area (Å²) in [6.45, 7) is 5.09. The van der Waals surface area contributed by atoms with Gasteiger partial charge in [-0.1, -0.05) is 37.5 Å². The molecule has 1 N–H and O–H groups in total. The Bertz CT molecular complexity index is 656. The number of hydrogen-bond acceptors (Lipinski definition) is 4. The van der Waals surface area contributed by atoms with Crippen molar-refractivity contribution < 1.29 is 17.9 Å². The van der Waals surface area contributed by atoms with Crippen molar-refractivity contribution in [3.8, 4) is 5.75 Å². The zero-order valence-electron chi connectivity index (χ0n) is 14.7. The predicted octanol–water partition coefficient (Wildman–Crippen LogP) is 3.69. The van der Waals surface area contributed by atoms with Gasteiger partial charge in [-0.15, -0.1) is 0 Å². The average molecular weight is 353 g/mol. The lowest BCUT2D eigenvalue weighted by Gasteiger charge is -2.39. The second-order valence-electron chi connectivity index (χ2n) is 7.54. The van der Waals surface area contributed by atoms with Gasteiger partial charge in [0.25, 0.3) is 0 Å². The van der Waals surface area contributed by atoms with Gasteiger partial charge in [-0.3, -0.25) is 0 Å². The van der Waals surface area contributed by atoms with Gasteiger partial charge < -0.3 is 10.1 Å². The zero-order chi connectivity index (χ0) is 17.8. The number of ether oxygens (including phenoxy) is 1. The molecule has 1 amide bonds. The fourth-order valence-electron chi connectivity index (χ4n) is 2.95.